The van der Waals surface area contributed by atoms with Gasteiger partial charge in [-0.2, -0.15) is 10.5 Å². The minimum Gasteiger partial charge on any atom is -0.446 e. The number of amides is 1. The molecule has 0 saturated heterocycles. The summed E-state index contributed by atoms with van der Waals surface area (Å²) in [6.45, 7) is 4.02. The topological polar surface area (TPSA) is 122 Å². The van der Waals surface area contributed by atoms with Crippen LogP contribution >= 0.6 is 0 Å². The Morgan fingerprint density at radius 1 is 1.19 bits per heavy atom. The van der Waals surface area contributed by atoms with E-state index in [1.807, 2.05) is 30.5 Å². The number of nitrogens with two attached hydrogens (primary N) is 1. The Morgan fingerprint density at radius 2 is 1.88 bits per heavy atom. The van der Waals surface area contributed by atoms with E-state index < -0.39 is 5.91 Å². The summed E-state index contributed by atoms with van der Waals surface area (Å²) in [4.78, 5) is 15.2. The van der Waals surface area contributed by atoms with Crippen LogP contribution in [-0.2, 0) is 6.54 Å². The third-order valence-corrected chi connectivity index (χ3v) is 4.30. The lowest BCUT2D eigenvalue weighted by molar-refractivity contribution is 0.0995. The fourth-order valence-electron chi connectivity index (χ4n) is 2.95. The van der Waals surface area contributed by atoms with E-state index in [0.29, 0.717) is 17.0 Å². The van der Waals surface area contributed by atoms with Gasteiger partial charge in [0.05, 0.1) is 23.7 Å². The molecule has 3 aromatic rings. The van der Waals surface area contributed by atoms with E-state index in [-0.39, 0.29) is 12.2 Å². The van der Waals surface area contributed by atoms with Crippen LogP contribution in [0.25, 0.3) is 11.1 Å². The predicted molar refractivity (Wildman–Crippen MR) is 92.9 cm³/mol. The molecule has 2 aromatic heterocycles. The molecule has 0 spiro atoms. The quantitative estimate of drug-likeness (QED) is 0.779. The molecule has 0 unspecified atom stereocenters. The summed E-state index contributed by atoms with van der Waals surface area (Å²) >= 11 is 0. The number of benzene rings is 1. The highest BCUT2D eigenvalue weighted by molar-refractivity contribution is 5.90. The summed E-state index contributed by atoms with van der Waals surface area (Å²) in [6.07, 6.45) is 1.22. The van der Waals surface area contributed by atoms with Crippen LogP contribution in [0.2, 0.25) is 0 Å². The Morgan fingerprint density at radius 3 is 2.42 bits per heavy atom. The van der Waals surface area contributed by atoms with Crippen molar-refractivity contribution < 1.29 is 9.21 Å². The molecular formula is C19H15N5O2. The van der Waals surface area contributed by atoms with Crippen LogP contribution < -0.4 is 5.73 Å². The second kappa shape index (κ2) is 6.58. The van der Waals surface area contributed by atoms with Gasteiger partial charge in [0.25, 0.3) is 5.91 Å². The number of primary amides is 1. The number of hydrogen-bond acceptors (Lipinski definition) is 5. The van der Waals surface area contributed by atoms with Crippen LogP contribution in [0.4, 0.5) is 0 Å². The number of carbonyl (C=O) groups excluding carboxylic acids is 1. The summed E-state index contributed by atoms with van der Waals surface area (Å²) in [5.41, 5.74) is 9.65. The number of hydrogen-bond donors (Lipinski definition) is 1. The van der Waals surface area contributed by atoms with Gasteiger partial charge in [0, 0.05) is 17.0 Å². The van der Waals surface area contributed by atoms with Crippen LogP contribution in [0.5, 0.6) is 0 Å². The number of aromatic nitrogens is 2. The first-order valence-electron chi connectivity index (χ1n) is 7.80. The molecule has 26 heavy (non-hydrogen) atoms. The van der Waals surface area contributed by atoms with E-state index in [9.17, 15) is 10.1 Å². The molecule has 0 aliphatic heterocycles. The van der Waals surface area contributed by atoms with Crippen molar-refractivity contribution >= 4 is 5.91 Å². The maximum absolute atomic E-state index is 11.2. The highest BCUT2D eigenvalue weighted by Gasteiger charge is 2.20. The van der Waals surface area contributed by atoms with Gasteiger partial charge < -0.3 is 14.7 Å². The minimum absolute atomic E-state index is 0.0651. The SMILES string of the molecule is Cc1c(C#N)c(-c2ccc(C#N)cc2)c(C)n1Cc1nc(C(N)=O)co1. The molecule has 0 atom stereocenters. The first-order chi connectivity index (χ1) is 12.5. The van der Waals surface area contributed by atoms with Gasteiger partial charge in [-0.3, -0.25) is 4.79 Å². The zero-order valence-electron chi connectivity index (χ0n) is 14.3. The standard InChI is InChI=1S/C19H15N5O2/c1-11-15(8-21)18(14-5-3-13(7-20)4-6-14)12(2)24(11)9-17-23-16(10-26-17)19(22)25/h3-6,10H,9H2,1-2H3,(H2,22,25). The lowest BCUT2D eigenvalue weighted by Gasteiger charge is -2.07. The Kier molecular flexibility index (Phi) is 4.30. The van der Waals surface area contributed by atoms with Crippen molar-refractivity contribution in [3.05, 3.63) is 64.6 Å². The van der Waals surface area contributed by atoms with Gasteiger partial charge in [0.1, 0.15) is 12.3 Å². The lowest BCUT2D eigenvalue weighted by Crippen LogP contribution is -2.12. The zero-order valence-corrected chi connectivity index (χ0v) is 14.3. The molecule has 0 fully saturated rings. The minimum atomic E-state index is -0.656. The Labute approximate surface area is 149 Å². The monoisotopic (exact) mass is 345 g/mol. The average Bonchev–Trinajstić information content (AvgIpc) is 3.20. The van der Waals surface area contributed by atoms with E-state index in [4.69, 9.17) is 15.4 Å². The van der Waals surface area contributed by atoms with E-state index in [0.717, 1.165) is 22.5 Å². The molecule has 0 aliphatic carbocycles. The summed E-state index contributed by atoms with van der Waals surface area (Å²) in [5.74, 6) is -0.326. The molecule has 7 nitrogen and oxygen atoms in total. The van der Waals surface area contributed by atoms with E-state index in [2.05, 4.69) is 17.1 Å². The molecule has 128 valence electrons. The Bertz CT molecular complexity index is 1080. The molecule has 0 bridgehead atoms. The second-order valence-electron chi connectivity index (χ2n) is 5.80. The maximum Gasteiger partial charge on any atom is 0.270 e. The molecule has 2 heterocycles. The molecule has 3 rings (SSSR count). The van der Waals surface area contributed by atoms with Crippen molar-refractivity contribution in [1.29, 1.82) is 10.5 Å². The Hall–Kier alpha value is -3.84. The van der Waals surface area contributed by atoms with Crippen LogP contribution in [0.3, 0.4) is 0 Å². The van der Waals surface area contributed by atoms with Crippen molar-refractivity contribution in [3.8, 4) is 23.3 Å². The molecule has 2 N–H and O–H groups in total. The smallest absolute Gasteiger partial charge is 0.270 e. The van der Waals surface area contributed by atoms with Crippen molar-refractivity contribution in [2.45, 2.75) is 20.4 Å². The first kappa shape index (κ1) is 17.0. The van der Waals surface area contributed by atoms with E-state index in [1.165, 1.54) is 6.26 Å². The normalized spacial score (nSPS) is 10.3. The summed E-state index contributed by atoms with van der Waals surface area (Å²) in [7, 11) is 0. The molecule has 0 saturated carbocycles. The first-order valence-corrected chi connectivity index (χ1v) is 7.80. The zero-order chi connectivity index (χ0) is 18.8. The summed E-state index contributed by atoms with van der Waals surface area (Å²) in [6, 6.07) is 11.4. The van der Waals surface area contributed by atoms with Gasteiger partial charge >= 0.3 is 0 Å². The molecule has 0 radical (unpaired) electrons. The number of rotatable bonds is 4. The molecular weight excluding hydrogens is 330 g/mol. The van der Waals surface area contributed by atoms with Crippen molar-refractivity contribution in [3.63, 3.8) is 0 Å². The van der Waals surface area contributed by atoms with Gasteiger partial charge in [-0.25, -0.2) is 4.98 Å². The fraction of sp³-hybridized carbons (Fsp3) is 0.158. The number of carbonyl (C=O) groups is 1. The van der Waals surface area contributed by atoms with Gasteiger partial charge in [-0.15, -0.1) is 0 Å². The Balaban J connectivity index is 2.07. The number of nitrogens with zero attached hydrogens (tertiary/aromatic N) is 4. The van der Waals surface area contributed by atoms with Crippen molar-refractivity contribution in [2.75, 3.05) is 0 Å². The third-order valence-electron chi connectivity index (χ3n) is 4.30. The molecule has 1 aromatic carbocycles. The van der Waals surface area contributed by atoms with Crippen molar-refractivity contribution in [1.82, 2.24) is 9.55 Å². The van der Waals surface area contributed by atoms with Crippen LogP contribution in [-0.4, -0.2) is 15.5 Å². The largest absolute Gasteiger partial charge is 0.446 e. The second-order valence-corrected chi connectivity index (χ2v) is 5.80. The molecule has 1 amide bonds. The molecule has 7 heteroatoms. The van der Waals surface area contributed by atoms with Crippen LogP contribution in [0.15, 0.2) is 34.9 Å². The van der Waals surface area contributed by atoms with Gasteiger partial charge in [-0.1, -0.05) is 12.1 Å². The number of oxazole rings is 1. The predicted octanol–water partition coefficient (Wildman–Crippen LogP) is 2.65. The molecule has 0 aliphatic rings. The number of nitriles is 2. The van der Waals surface area contributed by atoms with Gasteiger partial charge in [0.2, 0.25) is 5.89 Å². The summed E-state index contributed by atoms with van der Waals surface area (Å²) < 4.78 is 7.21. The van der Waals surface area contributed by atoms with Crippen LogP contribution in [0, 0.1) is 36.5 Å². The summed E-state index contributed by atoms with van der Waals surface area (Å²) in [5, 5.41) is 18.6. The third kappa shape index (κ3) is 2.83. The van der Waals surface area contributed by atoms with Crippen LogP contribution in [0.1, 0.15) is 38.9 Å². The van der Waals surface area contributed by atoms with E-state index >= 15 is 0 Å². The average molecular weight is 345 g/mol. The highest BCUT2D eigenvalue weighted by Crippen LogP contribution is 2.32. The van der Waals surface area contributed by atoms with Gasteiger partial charge in [-0.05, 0) is 31.5 Å². The maximum atomic E-state index is 11.2. The van der Waals surface area contributed by atoms with Gasteiger partial charge in [0.15, 0.2) is 5.69 Å². The van der Waals surface area contributed by atoms with E-state index in [1.54, 1.807) is 12.1 Å². The fourth-order valence-corrected chi connectivity index (χ4v) is 2.95. The van der Waals surface area contributed by atoms with Crippen molar-refractivity contribution in [2.24, 2.45) is 5.73 Å². The highest BCUT2D eigenvalue weighted by atomic mass is 16.3. The lowest BCUT2D eigenvalue weighted by atomic mass is 10.0.